The van der Waals surface area contributed by atoms with E-state index in [1.165, 1.54) is 5.56 Å². The van der Waals surface area contributed by atoms with Gasteiger partial charge in [-0.25, -0.2) is 0 Å². The van der Waals surface area contributed by atoms with Crippen LogP contribution in [0.4, 0.5) is 0 Å². The van der Waals surface area contributed by atoms with E-state index in [0.717, 1.165) is 6.54 Å². The van der Waals surface area contributed by atoms with Gasteiger partial charge in [0.15, 0.2) is 0 Å². The van der Waals surface area contributed by atoms with Crippen molar-refractivity contribution in [2.24, 2.45) is 0 Å². The first kappa shape index (κ1) is 7.35. The Balaban J connectivity index is 2.16. The standard InChI is InChI=1S/C10H11NO/c12-10-6-9(7-11-10)8-4-2-1-3-5-8/h1-5,9H,6-7H2,(H,11,12)/t9-/m0/s1. The summed E-state index contributed by atoms with van der Waals surface area (Å²) < 4.78 is 0. The molecule has 0 bridgehead atoms. The van der Waals surface area contributed by atoms with Gasteiger partial charge < -0.3 is 5.32 Å². The second-order valence-electron chi connectivity index (χ2n) is 3.12. The van der Waals surface area contributed by atoms with E-state index >= 15 is 0 Å². The normalized spacial score (nSPS) is 22.3. The molecule has 1 saturated heterocycles. The maximum Gasteiger partial charge on any atom is 0.220 e. The second kappa shape index (κ2) is 2.97. The summed E-state index contributed by atoms with van der Waals surface area (Å²) in [7, 11) is 0. The molecule has 0 aliphatic carbocycles. The molecule has 2 nitrogen and oxygen atoms in total. The molecule has 0 spiro atoms. The third-order valence-corrected chi connectivity index (χ3v) is 2.25. The van der Waals surface area contributed by atoms with Crippen LogP contribution >= 0.6 is 0 Å². The van der Waals surface area contributed by atoms with Crippen molar-refractivity contribution in [3.05, 3.63) is 35.9 Å². The first-order chi connectivity index (χ1) is 5.86. The molecule has 1 aliphatic rings. The van der Waals surface area contributed by atoms with Crippen LogP contribution in [0.1, 0.15) is 17.9 Å². The van der Waals surface area contributed by atoms with Crippen molar-refractivity contribution in [1.82, 2.24) is 5.32 Å². The maximum absolute atomic E-state index is 10.9. The molecule has 62 valence electrons. The molecule has 1 aromatic carbocycles. The number of amides is 1. The van der Waals surface area contributed by atoms with Crippen LogP contribution in [0.5, 0.6) is 0 Å². The quantitative estimate of drug-likeness (QED) is 0.660. The van der Waals surface area contributed by atoms with Gasteiger partial charge in [-0.15, -0.1) is 0 Å². The highest BCUT2D eigenvalue weighted by molar-refractivity contribution is 5.79. The van der Waals surface area contributed by atoms with Crippen molar-refractivity contribution in [1.29, 1.82) is 0 Å². The molecule has 0 aromatic heterocycles. The van der Waals surface area contributed by atoms with E-state index in [1.54, 1.807) is 0 Å². The third-order valence-electron chi connectivity index (χ3n) is 2.25. The first-order valence-electron chi connectivity index (χ1n) is 4.18. The largest absolute Gasteiger partial charge is 0.355 e. The molecular formula is C10H11NO. The highest BCUT2D eigenvalue weighted by Crippen LogP contribution is 2.21. The summed E-state index contributed by atoms with van der Waals surface area (Å²) in [6.07, 6.45) is 0.643. The number of rotatable bonds is 1. The highest BCUT2D eigenvalue weighted by atomic mass is 16.1. The van der Waals surface area contributed by atoms with E-state index in [1.807, 2.05) is 18.2 Å². The lowest BCUT2D eigenvalue weighted by atomic mass is 9.99. The molecule has 1 N–H and O–H groups in total. The van der Waals surface area contributed by atoms with Crippen LogP contribution in [0, 0.1) is 0 Å². The van der Waals surface area contributed by atoms with Gasteiger partial charge in [0, 0.05) is 18.9 Å². The Kier molecular flexibility index (Phi) is 1.82. The predicted molar refractivity (Wildman–Crippen MR) is 46.8 cm³/mol. The number of benzene rings is 1. The zero-order valence-corrected chi connectivity index (χ0v) is 6.79. The Morgan fingerprint density at radius 1 is 1.25 bits per heavy atom. The van der Waals surface area contributed by atoms with Crippen molar-refractivity contribution >= 4 is 5.91 Å². The third kappa shape index (κ3) is 1.33. The van der Waals surface area contributed by atoms with Crippen molar-refractivity contribution < 1.29 is 4.79 Å². The average molecular weight is 161 g/mol. The highest BCUT2D eigenvalue weighted by Gasteiger charge is 2.22. The second-order valence-corrected chi connectivity index (χ2v) is 3.12. The molecular weight excluding hydrogens is 150 g/mol. The molecule has 12 heavy (non-hydrogen) atoms. The summed E-state index contributed by atoms with van der Waals surface area (Å²) in [6.45, 7) is 0.794. The van der Waals surface area contributed by atoms with Gasteiger partial charge in [-0.05, 0) is 5.56 Å². The van der Waals surface area contributed by atoms with E-state index in [0.29, 0.717) is 12.3 Å². The summed E-state index contributed by atoms with van der Waals surface area (Å²) in [5, 5.41) is 2.83. The van der Waals surface area contributed by atoms with Crippen LogP contribution in [0.2, 0.25) is 0 Å². The van der Waals surface area contributed by atoms with Gasteiger partial charge in [-0.1, -0.05) is 30.3 Å². The van der Waals surface area contributed by atoms with Crippen LogP contribution < -0.4 is 5.32 Å². The smallest absolute Gasteiger partial charge is 0.220 e. The lowest BCUT2D eigenvalue weighted by Crippen LogP contribution is -2.13. The molecule has 0 saturated carbocycles. The van der Waals surface area contributed by atoms with Gasteiger partial charge in [0.2, 0.25) is 5.91 Å². The van der Waals surface area contributed by atoms with Gasteiger partial charge in [0.1, 0.15) is 0 Å². The Morgan fingerprint density at radius 3 is 2.58 bits per heavy atom. The molecule has 1 fully saturated rings. The lowest BCUT2D eigenvalue weighted by Gasteiger charge is -2.05. The average Bonchev–Trinajstić information content (AvgIpc) is 2.54. The monoisotopic (exact) mass is 161 g/mol. The van der Waals surface area contributed by atoms with E-state index in [-0.39, 0.29) is 5.91 Å². The molecule has 1 aliphatic heterocycles. The minimum absolute atomic E-state index is 0.170. The van der Waals surface area contributed by atoms with E-state index in [9.17, 15) is 4.79 Å². The van der Waals surface area contributed by atoms with Gasteiger partial charge in [0.25, 0.3) is 0 Å². The summed E-state index contributed by atoms with van der Waals surface area (Å²) in [5.41, 5.74) is 1.26. The van der Waals surface area contributed by atoms with Gasteiger partial charge >= 0.3 is 0 Å². The van der Waals surface area contributed by atoms with Crippen LogP contribution in [-0.2, 0) is 4.79 Å². The Labute approximate surface area is 71.6 Å². The molecule has 0 radical (unpaired) electrons. The molecule has 2 heteroatoms. The SMILES string of the molecule is O=C1C[C@H](c2ccccc2)CN1. The lowest BCUT2D eigenvalue weighted by molar-refractivity contribution is -0.119. The maximum atomic E-state index is 10.9. The number of nitrogens with one attached hydrogen (secondary N) is 1. The van der Waals surface area contributed by atoms with Gasteiger partial charge in [-0.2, -0.15) is 0 Å². The van der Waals surface area contributed by atoms with Crippen LogP contribution in [0.15, 0.2) is 30.3 Å². The Morgan fingerprint density at radius 2 is 2.00 bits per heavy atom. The molecule has 0 unspecified atom stereocenters. The number of carbonyl (C=O) groups excluding carboxylic acids is 1. The molecule has 1 heterocycles. The summed E-state index contributed by atoms with van der Waals surface area (Å²) in [6, 6.07) is 10.2. The van der Waals surface area contributed by atoms with Crippen LogP contribution in [-0.4, -0.2) is 12.5 Å². The summed E-state index contributed by atoms with van der Waals surface area (Å²) in [4.78, 5) is 10.9. The van der Waals surface area contributed by atoms with Crippen molar-refractivity contribution in [2.45, 2.75) is 12.3 Å². The molecule has 1 atom stereocenters. The predicted octanol–water partition coefficient (Wildman–Crippen LogP) is 1.29. The van der Waals surface area contributed by atoms with Crippen molar-refractivity contribution in [3.63, 3.8) is 0 Å². The minimum Gasteiger partial charge on any atom is -0.355 e. The molecule has 1 aromatic rings. The topological polar surface area (TPSA) is 29.1 Å². The first-order valence-corrected chi connectivity index (χ1v) is 4.18. The minimum atomic E-state index is 0.170. The van der Waals surface area contributed by atoms with Crippen molar-refractivity contribution in [2.75, 3.05) is 6.54 Å². The zero-order chi connectivity index (χ0) is 8.39. The fourth-order valence-electron chi connectivity index (χ4n) is 1.57. The molecule has 1 amide bonds. The molecule has 2 rings (SSSR count). The zero-order valence-electron chi connectivity index (χ0n) is 6.79. The van der Waals surface area contributed by atoms with E-state index in [4.69, 9.17) is 0 Å². The van der Waals surface area contributed by atoms with Crippen LogP contribution in [0.3, 0.4) is 0 Å². The fourth-order valence-corrected chi connectivity index (χ4v) is 1.57. The summed E-state index contributed by atoms with van der Waals surface area (Å²) in [5.74, 6) is 0.558. The number of carbonyl (C=O) groups is 1. The van der Waals surface area contributed by atoms with Crippen LogP contribution in [0.25, 0.3) is 0 Å². The summed E-state index contributed by atoms with van der Waals surface area (Å²) >= 11 is 0. The Hall–Kier alpha value is -1.31. The Bertz CT molecular complexity index is 281. The number of hydrogen-bond donors (Lipinski definition) is 1. The fraction of sp³-hybridized carbons (Fsp3) is 0.300. The van der Waals surface area contributed by atoms with Crippen molar-refractivity contribution in [3.8, 4) is 0 Å². The van der Waals surface area contributed by atoms with E-state index < -0.39 is 0 Å². The number of hydrogen-bond acceptors (Lipinski definition) is 1. The van der Waals surface area contributed by atoms with Gasteiger partial charge in [-0.3, -0.25) is 4.79 Å². The van der Waals surface area contributed by atoms with E-state index in [2.05, 4.69) is 17.4 Å². The van der Waals surface area contributed by atoms with Gasteiger partial charge in [0.05, 0.1) is 0 Å².